The van der Waals surface area contributed by atoms with Gasteiger partial charge in [0.25, 0.3) is 0 Å². The van der Waals surface area contributed by atoms with Gasteiger partial charge in [-0.25, -0.2) is 0 Å². The Bertz CT molecular complexity index is 753. The number of amides is 1. The van der Waals surface area contributed by atoms with Gasteiger partial charge < -0.3 is 10.2 Å². The van der Waals surface area contributed by atoms with E-state index in [2.05, 4.69) is 42.6 Å². The van der Waals surface area contributed by atoms with Crippen LogP contribution in [0.2, 0.25) is 0 Å². The third-order valence-electron chi connectivity index (χ3n) is 5.00. The summed E-state index contributed by atoms with van der Waals surface area (Å²) < 4.78 is 0. The van der Waals surface area contributed by atoms with E-state index in [4.69, 9.17) is 0 Å². The minimum atomic E-state index is 0.232. The normalized spacial score (nSPS) is 19.6. The first-order valence-electron chi connectivity index (χ1n) is 8.43. The van der Waals surface area contributed by atoms with Crippen LogP contribution in [-0.2, 0) is 17.8 Å². The number of nitrogens with zero attached hydrogens (tertiary/aromatic N) is 1. The first-order chi connectivity index (χ1) is 11.2. The van der Waals surface area contributed by atoms with Gasteiger partial charge in [-0.1, -0.05) is 35.9 Å². The lowest BCUT2D eigenvalue weighted by atomic mass is 10.0. The van der Waals surface area contributed by atoms with Gasteiger partial charge >= 0.3 is 0 Å². The fraction of sp³-hybridized carbons (Fsp3) is 0.350. The molecule has 0 spiro atoms. The van der Waals surface area contributed by atoms with E-state index in [-0.39, 0.29) is 5.91 Å². The molecule has 3 heteroatoms. The number of fused-ring (bicyclic) bond motifs is 1. The van der Waals surface area contributed by atoms with Gasteiger partial charge in [-0.3, -0.25) is 4.79 Å². The fourth-order valence-corrected chi connectivity index (χ4v) is 3.60. The standard InChI is InChI=1S/C20H22N2O/c1-14-5-6-16-7-8-19(18(16)11-14)21-13-15-3-2-4-17(12-15)22-10-9-20(22)23/h2-6,11-12,19,21H,7-10,13H2,1H3. The molecule has 1 aliphatic heterocycles. The van der Waals surface area contributed by atoms with Gasteiger partial charge in [-0.15, -0.1) is 0 Å². The van der Waals surface area contributed by atoms with Crippen LogP contribution in [0.1, 0.15) is 41.1 Å². The van der Waals surface area contributed by atoms with Gasteiger partial charge in [0.1, 0.15) is 0 Å². The van der Waals surface area contributed by atoms with Crippen LogP contribution in [-0.4, -0.2) is 12.5 Å². The lowest BCUT2D eigenvalue weighted by molar-refractivity contribution is -0.122. The van der Waals surface area contributed by atoms with Crippen molar-refractivity contribution in [3.63, 3.8) is 0 Å². The van der Waals surface area contributed by atoms with Crippen molar-refractivity contribution in [2.45, 2.75) is 38.8 Å². The Morgan fingerprint density at radius 3 is 2.87 bits per heavy atom. The molecule has 23 heavy (non-hydrogen) atoms. The number of carbonyl (C=O) groups is 1. The molecule has 1 fully saturated rings. The van der Waals surface area contributed by atoms with Crippen molar-refractivity contribution in [3.8, 4) is 0 Å². The summed E-state index contributed by atoms with van der Waals surface area (Å²) in [5.74, 6) is 0.232. The first kappa shape index (κ1) is 14.5. The predicted molar refractivity (Wildman–Crippen MR) is 92.5 cm³/mol. The summed E-state index contributed by atoms with van der Waals surface area (Å²) in [6, 6.07) is 15.6. The van der Waals surface area contributed by atoms with E-state index >= 15 is 0 Å². The number of hydrogen-bond donors (Lipinski definition) is 1. The molecule has 0 aromatic heterocycles. The molecule has 1 N–H and O–H groups in total. The van der Waals surface area contributed by atoms with Crippen LogP contribution in [0, 0.1) is 6.92 Å². The SMILES string of the molecule is Cc1ccc2c(c1)C(NCc1cccc(N3CCC3=O)c1)CC2. The van der Waals surface area contributed by atoms with E-state index in [1.807, 2.05) is 17.0 Å². The van der Waals surface area contributed by atoms with Gasteiger partial charge in [0.05, 0.1) is 0 Å². The number of rotatable bonds is 4. The quantitative estimate of drug-likeness (QED) is 0.877. The number of β-lactam (4-membered cyclic amide) rings is 1. The summed E-state index contributed by atoms with van der Waals surface area (Å²) in [4.78, 5) is 13.4. The Balaban J connectivity index is 1.45. The summed E-state index contributed by atoms with van der Waals surface area (Å²) >= 11 is 0. The molecular formula is C20H22N2O. The molecule has 0 bridgehead atoms. The third kappa shape index (κ3) is 2.77. The van der Waals surface area contributed by atoms with Gasteiger partial charge in [-0.2, -0.15) is 0 Å². The molecule has 0 radical (unpaired) electrons. The summed E-state index contributed by atoms with van der Waals surface area (Å²) in [6.07, 6.45) is 3.01. The van der Waals surface area contributed by atoms with E-state index in [9.17, 15) is 4.79 Å². The van der Waals surface area contributed by atoms with Crippen LogP contribution < -0.4 is 10.2 Å². The van der Waals surface area contributed by atoms with Crippen LogP contribution >= 0.6 is 0 Å². The molecule has 1 aliphatic carbocycles. The Hall–Kier alpha value is -2.13. The van der Waals surface area contributed by atoms with Gasteiger partial charge in [0.15, 0.2) is 0 Å². The molecule has 1 saturated heterocycles. The van der Waals surface area contributed by atoms with E-state index in [0.29, 0.717) is 12.5 Å². The van der Waals surface area contributed by atoms with Crippen LogP contribution in [0.25, 0.3) is 0 Å². The molecule has 1 atom stereocenters. The van der Waals surface area contributed by atoms with Crippen molar-refractivity contribution < 1.29 is 4.79 Å². The maximum Gasteiger partial charge on any atom is 0.228 e. The van der Waals surface area contributed by atoms with Gasteiger partial charge in [0.2, 0.25) is 5.91 Å². The average Bonchev–Trinajstić information content (AvgIpc) is 2.94. The molecular weight excluding hydrogens is 284 g/mol. The summed E-state index contributed by atoms with van der Waals surface area (Å²) in [5, 5.41) is 3.69. The predicted octanol–water partition coefficient (Wildman–Crippen LogP) is 3.51. The fourth-order valence-electron chi connectivity index (χ4n) is 3.60. The second kappa shape index (κ2) is 5.82. The van der Waals surface area contributed by atoms with E-state index in [0.717, 1.165) is 25.2 Å². The number of hydrogen-bond acceptors (Lipinski definition) is 2. The molecule has 2 aromatic carbocycles. The molecule has 1 heterocycles. The zero-order valence-corrected chi connectivity index (χ0v) is 13.5. The van der Waals surface area contributed by atoms with Crippen LogP contribution in [0.5, 0.6) is 0 Å². The zero-order chi connectivity index (χ0) is 15.8. The van der Waals surface area contributed by atoms with Crippen LogP contribution in [0.15, 0.2) is 42.5 Å². The second-order valence-corrected chi connectivity index (χ2v) is 6.64. The molecule has 2 aliphatic rings. The lowest BCUT2D eigenvalue weighted by Crippen LogP contribution is -2.43. The minimum absolute atomic E-state index is 0.232. The minimum Gasteiger partial charge on any atom is -0.312 e. The number of aryl methyl sites for hydroxylation is 2. The maximum absolute atomic E-state index is 11.6. The topological polar surface area (TPSA) is 32.3 Å². The van der Waals surface area contributed by atoms with Crippen molar-refractivity contribution in [3.05, 3.63) is 64.7 Å². The number of benzene rings is 2. The highest BCUT2D eigenvalue weighted by atomic mass is 16.2. The molecule has 4 rings (SSSR count). The lowest BCUT2D eigenvalue weighted by Gasteiger charge is -2.31. The summed E-state index contributed by atoms with van der Waals surface area (Å²) in [5.41, 5.74) is 6.54. The largest absolute Gasteiger partial charge is 0.312 e. The highest BCUT2D eigenvalue weighted by Crippen LogP contribution is 2.32. The van der Waals surface area contributed by atoms with Crippen LogP contribution in [0.4, 0.5) is 5.69 Å². The van der Waals surface area contributed by atoms with Crippen molar-refractivity contribution in [2.75, 3.05) is 11.4 Å². The average molecular weight is 306 g/mol. The van der Waals surface area contributed by atoms with E-state index < -0.39 is 0 Å². The van der Waals surface area contributed by atoms with Gasteiger partial charge in [-0.05, 0) is 48.6 Å². The first-order valence-corrected chi connectivity index (χ1v) is 8.43. The molecule has 3 nitrogen and oxygen atoms in total. The molecule has 1 unspecified atom stereocenters. The Morgan fingerprint density at radius 1 is 1.17 bits per heavy atom. The molecule has 1 amide bonds. The maximum atomic E-state index is 11.6. The zero-order valence-electron chi connectivity index (χ0n) is 13.5. The van der Waals surface area contributed by atoms with E-state index in [1.165, 1.54) is 28.7 Å². The highest BCUT2D eigenvalue weighted by molar-refractivity contribution is 5.99. The third-order valence-corrected chi connectivity index (χ3v) is 5.00. The van der Waals surface area contributed by atoms with Crippen molar-refractivity contribution in [1.29, 1.82) is 0 Å². The van der Waals surface area contributed by atoms with Crippen LogP contribution in [0.3, 0.4) is 0 Å². The summed E-state index contributed by atoms with van der Waals surface area (Å²) in [6.45, 7) is 3.85. The monoisotopic (exact) mass is 306 g/mol. The van der Waals surface area contributed by atoms with E-state index in [1.54, 1.807) is 0 Å². The second-order valence-electron chi connectivity index (χ2n) is 6.64. The van der Waals surface area contributed by atoms with Crippen molar-refractivity contribution >= 4 is 11.6 Å². The molecule has 118 valence electrons. The number of anilines is 1. The van der Waals surface area contributed by atoms with Crippen molar-refractivity contribution in [1.82, 2.24) is 5.32 Å². The highest BCUT2D eigenvalue weighted by Gasteiger charge is 2.25. The number of carbonyl (C=O) groups excluding carboxylic acids is 1. The summed E-state index contributed by atoms with van der Waals surface area (Å²) in [7, 11) is 0. The molecule has 2 aromatic rings. The smallest absolute Gasteiger partial charge is 0.228 e. The number of nitrogens with one attached hydrogen (secondary N) is 1. The molecule has 0 saturated carbocycles. The van der Waals surface area contributed by atoms with Crippen molar-refractivity contribution in [2.24, 2.45) is 0 Å². The Morgan fingerprint density at radius 2 is 2.09 bits per heavy atom. The Kier molecular flexibility index (Phi) is 3.66. The van der Waals surface area contributed by atoms with Gasteiger partial charge in [0, 0.05) is 31.2 Å². The Labute approximate surface area is 137 Å².